The Bertz CT molecular complexity index is 800. The van der Waals surface area contributed by atoms with Crippen molar-refractivity contribution in [1.82, 2.24) is 5.32 Å². The van der Waals surface area contributed by atoms with E-state index in [4.69, 9.17) is 4.74 Å². The molecule has 2 aromatic rings. The maximum atomic E-state index is 12.2. The van der Waals surface area contributed by atoms with Crippen LogP contribution in [0.15, 0.2) is 48.5 Å². The molecule has 4 nitrogen and oxygen atoms in total. The highest BCUT2D eigenvalue weighted by Gasteiger charge is 2.19. The third kappa shape index (κ3) is 5.55. The highest BCUT2D eigenvalue weighted by atomic mass is 32.2. The molecule has 1 atom stereocenters. The third-order valence-electron chi connectivity index (χ3n) is 4.64. The summed E-state index contributed by atoms with van der Waals surface area (Å²) in [7, 11) is 0. The predicted molar refractivity (Wildman–Crippen MR) is 117 cm³/mol. The van der Waals surface area contributed by atoms with E-state index in [-0.39, 0.29) is 18.6 Å². The number of amides is 1. The van der Waals surface area contributed by atoms with Gasteiger partial charge in [-0.25, -0.2) is 4.79 Å². The maximum Gasteiger partial charge on any atom is 0.338 e. The molecule has 1 aliphatic rings. The molecule has 1 heterocycles. The van der Waals surface area contributed by atoms with Gasteiger partial charge < -0.3 is 10.1 Å². The standard InChI is InChI=1S/C22H25NO3S2/c1-3-16-4-6-17(7-5-16)15(2)23-20(24)14-26-21(25)18-8-10-19(11-9-18)22-27-12-13-28-22/h4-11,15,22H,3,12-14H2,1-2H3,(H,23,24)/t15-/m0/s1. The number of ether oxygens (including phenoxy) is 1. The summed E-state index contributed by atoms with van der Waals surface area (Å²) in [5.74, 6) is 1.54. The lowest BCUT2D eigenvalue weighted by Gasteiger charge is -2.15. The van der Waals surface area contributed by atoms with Crippen molar-refractivity contribution in [2.24, 2.45) is 0 Å². The zero-order valence-electron chi connectivity index (χ0n) is 16.1. The van der Waals surface area contributed by atoms with E-state index in [1.807, 2.05) is 54.7 Å². The summed E-state index contributed by atoms with van der Waals surface area (Å²) in [6.07, 6.45) is 0.982. The van der Waals surface area contributed by atoms with Crippen LogP contribution in [-0.2, 0) is 16.0 Å². The van der Waals surface area contributed by atoms with Gasteiger partial charge in [0.15, 0.2) is 6.61 Å². The maximum absolute atomic E-state index is 12.2. The molecule has 0 spiro atoms. The number of carbonyl (C=O) groups is 2. The molecule has 3 rings (SSSR count). The molecule has 1 fully saturated rings. The number of benzene rings is 2. The lowest BCUT2D eigenvalue weighted by atomic mass is 10.1. The van der Waals surface area contributed by atoms with Crippen LogP contribution in [0, 0.1) is 0 Å². The average Bonchev–Trinajstić information content (AvgIpc) is 3.27. The van der Waals surface area contributed by atoms with E-state index in [0.29, 0.717) is 10.1 Å². The second kappa shape index (κ2) is 10.0. The third-order valence-corrected chi connectivity index (χ3v) is 7.74. The van der Waals surface area contributed by atoms with E-state index < -0.39 is 5.97 Å². The van der Waals surface area contributed by atoms with Crippen LogP contribution in [0.3, 0.4) is 0 Å². The molecule has 0 bridgehead atoms. The van der Waals surface area contributed by atoms with Gasteiger partial charge in [0.1, 0.15) is 0 Å². The second-order valence-electron chi connectivity index (χ2n) is 6.66. The number of aryl methyl sites for hydroxylation is 1. The number of rotatable bonds is 7. The summed E-state index contributed by atoms with van der Waals surface area (Å²) in [6.45, 7) is 3.74. The van der Waals surface area contributed by atoms with Gasteiger partial charge in [0, 0.05) is 11.5 Å². The minimum absolute atomic E-state index is 0.141. The topological polar surface area (TPSA) is 55.4 Å². The molecule has 0 radical (unpaired) electrons. The van der Waals surface area contributed by atoms with Crippen LogP contribution in [0.2, 0.25) is 0 Å². The van der Waals surface area contributed by atoms with Crippen LogP contribution in [0.5, 0.6) is 0 Å². The molecular formula is C22H25NO3S2. The van der Waals surface area contributed by atoms with Gasteiger partial charge in [-0.2, -0.15) is 0 Å². The molecule has 1 amide bonds. The molecule has 2 aromatic carbocycles. The van der Waals surface area contributed by atoms with Crippen molar-refractivity contribution in [3.63, 3.8) is 0 Å². The fourth-order valence-corrected chi connectivity index (χ4v) is 5.81. The Balaban J connectivity index is 1.47. The van der Waals surface area contributed by atoms with Gasteiger partial charge >= 0.3 is 5.97 Å². The van der Waals surface area contributed by atoms with E-state index in [9.17, 15) is 9.59 Å². The molecule has 0 aromatic heterocycles. The smallest absolute Gasteiger partial charge is 0.338 e. The first kappa shape index (κ1) is 20.8. The van der Waals surface area contributed by atoms with Crippen LogP contribution in [-0.4, -0.2) is 30.0 Å². The molecule has 28 heavy (non-hydrogen) atoms. The first-order chi connectivity index (χ1) is 13.6. The first-order valence-corrected chi connectivity index (χ1v) is 11.5. The molecule has 0 aliphatic carbocycles. The van der Waals surface area contributed by atoms with Crippen LogP contribution in [0.25, 0.3) is 0 Å². The molecule has 1 N–H and O–H groups in total. The molecule has 0 saturated carbocycles. The number of thioether (sulfide) groups is 2. The Morgan fingerprint density at radius 3 is 2.32 bits per heavy atom. The lowest BCUT2D eigenvalue weighted by molar-refractivity contribution is -0.124. The zero-order valence-corrected chi connectivity index (χ0v) is 17.8. The molecule has 1 aliphatic heterocycles. The monoisotopic (exact) mass is 415 g/mol. The Morgan fingerprint density at radius 2 is 1.71 bits per heavy atom. The van der Waals surface area contributed by atoms with Gasteiger partial charge in [-0.05, 0) is 42.2 Å². The van der Waals surface area contributed by atoms with Gasteiger partial charge in [-0.15, -0.1) is 23.5 Å². The Kier molecular flexibility index (Phi) is 7.45. The first-order valence-electron chi connectivity index (χ1n) is 9.45. The number of hydrogen-bond acceptors (Lipinski definition) is 5. The predicted octanol–water partition coefficient (Wildman–Crippen LogP) is 4.76. The lowest BCUT2D eigenvalue weighted by Crippen LogP contribution is -2.31. The highest BCUT2D eigenvalue weighted by Crippen LogP contribution is 2.45. The normalized spacial score (nSPS) is 15.2. The van der Waals surface area contributed by atoms with Crippen LogP contribution >= 0.6 is 23.5 Å². The van der Waals surface area contributed by atoms with Gasteiger partial charge in [-0.3, -0.25) is 4.79 Å². The average molecular weight is 416 g/mol. The Morgan fingerprint density at radius 1 is 1.07 bits per heavy atom. The van der Waals surface area contributed by atoms with Gasteiger partial charge in [0.25, 0.3) is 5.91 Å². The van der Waals surface area contributed by atoms with Crippen molar-refractivity contribution in [3.8, 4) is 0 Å². The number of hydrogen-bond donors (Lipinski definition) is 1. The van der Waals surface area contributed by atoms with Crippen molar-refractivity contribution in [1.29, 1.82) is 0 Å². The minimum atomic E-state index is -0.478. The number of nitrogens with one attached hydrogen (secondary N) is 1. The summed E-state index contributed by atoms with van der Waals surface area (Å²) in [4.78, 5) is 24.3. The van der Waals surface area contributed by atoms with E-state index in [0.717, 1.165) is 23.5 Å². The fraction of sp³-hybridized carbons (Fsp3) is 0.364. The van der Waals surface area contributed by atoms with Crippen LogP contribution < -0.4 is 5.32 Å². The SMILES string of the molecule is CCc1ccc([C@H](C)NC(=O)COC(=O)c2ccc(C3SCCS3)cc2)cc1. The van der Waals surface area contributed by atoms with E-state index in [1.54, 1.807) is 12.1 Å². The summed E-state index contributed by atoms with van der Waals surface area (Å²) in [5.41, 5.74) is 3.96. The molecule has 0 unspecified atom stereocenters. The second-order valence-corrected chi connectivity index (χ2v) is 9.38. The fourth-order valence-electron chi connectivity index (χ4n) is 2.95. The zero-order chi connectivity index (χ0) is 19.9. The summed E-state index contributed by atoms with van der Waals surface area (Å²) >= 11 is 3.85. The van der Waals surface area contributed by atoms with Crippen LogP contribution in [0.4, 0.5) is 0 Å². The van der Waals surface area contributed by atoms with Crippen LogP contribution in [0.1, 0.15) is 51.5 Å². The van der Waals surface area contributed by atoms with E-state index in [1.165, 1.54) is 11.1 Å². The Hall–Kier alpha value is -1.92. The van der Waals surface area contributed by atoms with Gasteiger partial charge in [-0.1, -0.05) is 43.3 Å². The molecular weight excluding hydrogens is 390 g/mol. The number of esters is 1. The van der Waals surface area contributed by atoms with Crippen molar-refractivity contribution in [3.05, 3.63) is 70.8 Å². The largest absolute Gasteiger partial charge is 0.452 e. The van der Waals surface area contributed by atoms with E-state index >= 15 is 0 Å². The summed E-state index contributed by atoms with van der Waals surface area (Å²) in [5, 5.41) is 2.87. The number of carbonyl (C=O) groups excluding carboxylic acids is 2. The molecule has 6 heteroatoms. The summed E-state index contributed by atoms with van der Waals surface area (Å²) in [6, 6.07) is 15.5. The van der Waals surface area contributed by atoms with Crippen molar-refractivity contribution >= 4 is 35.4 Å². The summed E-state index contributed by atoms with van der Waals surface area (Å²) < 4.78 is 5.61. The highest BCUT2D eigenvalue weighted by molar-refractivity contribution is 8.19. The Labute approximate surface area is 174 Å². The van der Waals surface area contributed by atoms with Crippen molar-refractivity contribution in [2.75, 3.05) is 18.1 Å². The van der Waals surface area contributed by atoms with Gasteiger partial charge in [0.05, 0.1) is 16.2 Å². The quantitative estimate of drug-likeness (QED) is 0.661. The molecule has 148 valence electrons. The van der Waals surface area contributed by atoms with Gasteiger partial charge in [0.2, 0.25) is 0 Å². The van der Waals surface area contributed by atoms with E-state index in [2.05, 4.69) is 24.4 Å². The van der Waals surface area contributed by atoms with Crippen molar-refractivity contribution < 1.29 is 14.3 Å². The molecule has 1 saturated heterocycles. The van der Waals surface area contributed by atoms with Crippen molar-refractivity contribution in [2.45, 2.75) is 30.9 Å². The minimum Gasteiger partial charge on any atom is -0.452 e.